The highest BCUT2D eigenvalue weighted by molar-refractivity contribution is 5.95. The van der Waals surface area contributed by atoms with E-state index in [0.717, 1.165) is 24.8 Å². The lowest BCUT2D eigenvalue weighted by atomic mass is 9.94. The van der Waals surface area contributed by atoms with Crippen LogP contribution in [0.1, 0.15) is 38.5 Å². The lowest BCUT2D eigenvalue weighted by Gasteiger charge is -2.10. The summed E-state index contributed by atoms with van der Waals surface area (Å²) in [6, 6.07) is 0. The van der Waals surface area contributed by atoms with E-state index in [1.807, 2.05) is 0 Å². The van der Waals surface area contributed by atoms with E-state index in [4.69, 9.17) is 0 Å². The molecule has 1 aliphatic rings. The first-order chi connectivity index (χ1) is 5.84. The fourth-order valence-corrected chi connectivity index (χ4v) is 1.49. The molecule has 0 spiro atoms. The molecule has 0 aliphatic heterocycles. The number of allylic oxidation sites excluding steroid dienone is 3. The summed E-state index contributed by atoms with van der Waals surface area (Å²) in [4.78, 5) is 11.4. The Kier molecular flexibility index (Phi) is 3.78. The Morgan fingerprint density at radius 3 is 3.00 bits per heavy atom. The first kappa shape index (κ1) is 9.24. The molecule has 0 bridgehead atoms. The van der Waals surface area contributed by atoms with Crippen LogP contribution in [-0.2, 0) is 4.79 Å². The van der Waals surface area contributed by atoms with Gasteiger partial charge in [0.15, 0.2) is 5.78 Å². The summed E-state index contributed by atoms with van der Waals surface area (Å²) >= 11 is 0. The summed E-state index contributed by atoms with van der Waals surface area (Å²) in [5.74, 6) is 0.328. The first-order valence-electron chi connectivity index (χ1n) is 4.67. The highest BCUT2D eigenvalue weighted by Gasteiger charge is 2.10. The monoisotopic (exact) mass is 164 g/mol. The molecule has 0 aromatic carbocycles. The standard InChI is InChI=1S/C11H16O/c1-2-3-9-11(12)10-7-5-4-6-8-10/h2,7H,1,3-6,8-9H2. The van der Waals surface area contributed by atoms with Gasteiger partial charge in [0.2, 0.25) is 0 Å². The predicted molar refractivity (Wildman–Crippen MR) is 51.0 cm³/mol. The van der Waals surface area contributed by atoms with Crippen molar-refractivity contribution in [1.82, 2.24) is 0 Å². The van der Waals surface area contributed by atoms with Crippen molar-refractivity contribution in [2.45, 2.75) is 38.5 Å². The maximum Gasteiger partial charge on any atom is 0.158 e. The van der Waals surface area contributed by atoms with E-state index in [1.165, 1.54) is 12.8 Å². The van der Waals surface area contributed by atoms with Gasteiger partial charge in [-0.1, -0.05) is 12.2 Å². The Hall–Kier alpha value is -0.850. The molecule has 0 radical (unpaired) electrons. The third-order valence-corrected chi connectivity index (χ3v) is 2.22. The molecule has 0 unspecified atom stereocenters. The van der Waals surface area contributed by atoms with Crippen LogP contribution < -0.4 is 0 Å². The summed E-state index contributed by atoms with van der Waals surface area (Å²) in [5, 5.41) is 0. The minimum Gasteiger partial charge on any atom is -0.295 e. The van der Waals surface area contributed by atoms with E-state index in [1.54, 1.807) is 6.08 Å². The third kappa shape index (κ3) is 2.65. The maximum absolute atomic E-state index is 11.4. The molecule has 0 saturated carbocycles. The van der Waals surface area contributed by atoms with Gasteiger partial charge in [0.1, 0.15) is 0 Å². The second-order valence-corrected chi connectivity index (χ2v) is 3.23. The zero-order chi connectivity index (χ0) is 8.81. The van der Waals surface area contributed by atoms with Gasteiger partial charge < -0.3 is 0 Å². The number of carbonyl (C=O) groups is 1. The Bertz CT molecular complexity index is 201. The smallest absolute Gasteiger partial charge is 0.158 e. The number of hydrogen-bond donors (Lipinski definition) is 0. The minimum atomic E-state index is 0.328. The average molecular weight is 164 g/mol. The second kappa shape index (κ2) is 4.91. The summed E-state index contributed by atoms with van der Waals surface area (Å²) in [6.45, 7) is 3.61. The van der Waals surface area contributed by atoms with E-state index in [0.29, 0.717) is 12.2 Å². The summed E-state index contributed by atoms with van der Waals surface area (Å²) in [5.41, 5.74) is 1.06. The molecule has 66 valence electrons. The first-order valence-corrected chi connectivity index (χ1v) is 4.67. The highest BCUT2D eigenvalue weighted by atomic mass is 16.1. The van der Waals surface area contributed by atoms with Crippen LogP contribution in [-0.4, -0.2) is 5.78 Å². The van der Waals surface area contributed by atoms with Crippen molar-refractivity contribution in [1.29, 1.82) is 0 Å². The average Bonchev–Trinajstić information content (AvgIpc) is 2.15. The fraction of sp³-hybridized carbons (Fsp3) is 0.545. The van der Waals surface area contributed by atoms with Crippen molar-refractivity contribution in [3.8, 4) is 0 Å². The molecule has 1 rings (SSSR count). The fourth-order valence-electron chi connectivity index (χ4n) is 1.49. The minimum absolute atomic E-state index is 0.328. The second-order valence-electron chi connectivity index (χ2n) is 3.23. The molecular weight excluding hydrogens is 148 g/mol. The highest BCUT2D eigenvalue weighted by Crippen LogP contribution is 2.19. The Morgan fingerprint density at radius 2 is 2.42 bits per heavy atom. The van der Waals surface area contributed by atoms with Gasteiger partial charge in [0, 0.05) is 6.42 Å². The third-order valence-electron chi connectivity index (χ3n) is 2.22. The Morgan fingerprint density at radius 1 is 1.58 bits per heavy atom. The Labute approximate surface area is 74.2 Å². The van der Waals surface area contributed by atoms with Crippen LogP contribution in [0.4, 0.5) is 0 Å². The molecule has 0 aromatic heterocycles. The molecule has 0 heterocycles. The van der Waals surface area contributed by atoms with E-state index >= 15 is 0 Å². The zero-order valence-corrected chi connectivity index (χ0v) is 7.51. The van der Waals surface area contributed by atoms with Crippen LogP contribution in [0.3, 0.4) is 0 Å². The van der Waals surface area contributed by atoms with Crippen molar-refractivity contribution in [3.05, 3.63) is 24.3 Å². The van der Waals surface area contributed by atoms with Gasteiger partial charge in [-0.2, -0.15) is 0 Å². The lowest BCUT2D eigenvalue weighted by Crippen LogP contribution is -2.04. The summed E-state index contributed by atoms with van der Waals surface area (Å²) in [6.07, 6.45) is 9.90. The normalized spacial score (nSPS) is 16.8. The molecule has 0 N–H and O–H groups in total. The molecular formula is C11H16O. The molecule has 0 fully saturated rings. The SMILES string of the molecule is C=CCCC(=O)C1=CCCCC1. The van der Waals surface area contributed by atoms with Gasteiger partial charge in [0.25, 0.3) is 0 Å². The topological polar surface area (TPSA) is 17.1 Å². The molecule has 1 heteroatoms. The maximum atomic E-state index is 11.4. The van der Waals surface area contributed by atoms with Crippen LogP contribution >= 0.6 is 0 Å². The quantitative estimate of drug-likeness (QED) is 0.584. The molecule has 1 aliphatic carbocycles. The van der Waals surface area contributed by atoms with Crippen LogP contribution in [0.2, 0.25) is 0 Å². The van der Waals surface area contributed by atoms with Crippen molar-refractivity contribution >= 4 is 5.78 Å². The number of carbonyl (C=O) groups excluding carboxylic acids is 1. The lowest BCUT2D eigenvalue weighted by molar-refractivity contribution is -0.115. The van der Waals surface area contributed by atoms with Gasteiger partial charge in [-0.25, -0.2) is 0 Å². The van der Waals surface area contributed by atoms with Crippen LogP contribution in [0, 0.1) is 0 Å². The van der Waals surface area contributed by atoms with Gasteiger partial charge in [-0.3, -0.25) is 4.79 Å². The predicted octanol–water partition coefficient (Wildman–Crippen LogP) is 3.02. The summed E-state index contributed by atoms with van der Waals surface area (Å²) in [7, 11) is 0. The molecule has 12 heavy (non-hydrogen) atoms. The van der Waals surface area contributed by atoms with Crippen LogP contribution in [0.25, 0.3) is 0 Å². The largest absolute Gasteiger partial charge is 0.295 e. The van der Waals surface area contributed by atoms with E-state index in [-0.39, 0.29) is 0 Å². The van der Waals surface area contributed by atoms with Crippen LogP contribution in [0.15, 0.2) is 24.3 Å². The van der Waals surface area contributed by atoms with Crippen molar-refractivity contribution in [2.24, 2.45) is 0 Å². The number of ketones is 1. The van der Waals surface area contributed by atoms with Gasteiger partial charge in [0.05, 0.1) is 0 Å². The van der Waals surface area contributed by atoms with E-state index in [2.05, 4.69) is 12.7 Å². The van der Waals surface area contributed by atoms with Crippen LogP contribution in [0.5, 0.6) is 0 Å². The number of rotatable bonds is 4. The van der Waals surface area contributed by atoms with Gasteiger partial charge >= 0.3 is 0 Å². The van der Waals surface area contributed by atoms with E-state index in [9.17, 15) is 4.79 Å². The number of Topliss-reactive ketones (excluding diaryl/α,β-unsaturated/α-hetero) is 1. The number of hydrogen-bond acceptors (Lipinski definition) is 1. The van der Waals surface area contributed by atoms with Crippen molar-refractivity contribution in [3.63, 3.8) is 0 Å². The van der Waals surface area contributed by atoms with Crippen molar-refractivity contribution < 1.29 is 4.79 Å². The molecule has 0 amide bonds. The molecule has 0 aromatic rings. The Balaban J connectivity index is 2.39. The summed E-state index contributed by atoms with van der Waals surface area (Å²) < 4.78 is 0. The van der Waals surface area contributed by atoms with Crippen molar-refractivity contribution in [2.75, 3.05) is 0 Å². The molecule has 0 saturated heterocycles. The van der Waals surface area contributed by atoms with E-state index < -0.39 is 0 Å². The molecule has 1 nitrogen and oxygen atoms in total. The molecule has 0 atom stereocenters. The zero-order valence-electron chi connectivity index (χ0n) is 7.51. The van der Waals surface area contributed by atoms with Gasteiger partial charge in [-0.15, -0.1) is 6.58 Å². The van der Waals surface area contributed by atoms with Gasteiger partial charge in [-0.05, 0) is 37.7 Å².